The van der Waals surface area contributed by atoms with Crippen molar-refractivity contribution in [2.45, 2.75) is 20.0 Å². The fraction of sp³-hybridized carbons (Fsp3) is 0.500. The standard InChI is InChI=1S/C6H10O2/c1-3-6(4-7)5(2)8/h3-5,8H,1-2H3. The Bertz CT molecular complexity index is 103. The zero-order valence-corrected chi connectivity index (χ0v) is 5.09. The fourth-order valence-corrected chi connectivity index (χ4v) is 0.408. The van der Waals surface area contributed by atoms with Crippen LogP contribution in [0.1, 0.15) is 13.8 Å². The molecular formula is C6H10O2. The lowest BCUT2D eigenvalue weighted by Gasteiger charge is -1.98. The third-order valence-corrected chi connectivity index (χ3v) is 0.952. The van der Waals surface area contributed by atoms with Crippen molar-refractivity contribution < 1.29 is 9.90 Å². The Morgan fingerprint density at radius 1 is 1.75 bits per heavy atom. The number of rotatable bonds is 2. The number of allylic oxidation sites excluding steroid dienone is 1. The summed E-state index contributed by atoms with van der Waals surface area (Å²) in [5.41, 5.74) is 0.435. The van der Waals surface area contributed by atoms with Crippen molar-refractivity contribution in [1.29, 1.82) is 0 Å². The number of aldehydes is 1. The Balaban J connectivity index is 3.91. The van der Waals surface area contributed by atoms with Gasteiger partial charge in [0.25, 0.3) is 0 Å². The Morgan fingerprint density at radius 2 is 2.25 bits per heavy atom. The van der Waals surface area contributed by atoms with Crippen molar-refractivity contribution >= 4 is 6.29 Å². The normalized spacial score (nSPS) is 15.6. The highest BCUT2D eigenvalue weighted by Crippen LogP contribution is 1.95. The van der Waals surface area contributed by atoms with Crippen LogP contribution in [-0.2, 0) is 4.79 Å². The van der Waals surface area contributed by atoms with E-state index in [0.29, 0.717) is 11.9 Å². The van der Waals surface area contributed by atoms with E-state index in [1.54, 1.807) is 19.9 Å². The highest BCUT2D eigenvalue weighted by atomic mass is 16.3. The largest absolute Gasteiger partial charge is 0.389 e. The van der Waals surface area contributed by atoms with E-state index in [2.05, 4.69) is 0 Å². The van der Waals surface area contributed by atoms with Crippen molar-refractivity contribution in [2.75, 3.05) is 0 Å². The molecule has 0 fully saturated rings. The maximum absolute atomic E-state index is 9.95. The Kier molecular flexibility index (Phi) is 3.12. The molecule has 0 bridgehead atoms. The van der Waals surface area contributed by atoms with Crippen molar-refractivity contribution in [1.82, 2.24) is 0 Å². The van der Waals surface area contributed by atoms with Crippen LogP contribution in [0, 0.1) is 0 Å². The molecule has 0 saturated carbocycles. The summed E-state index contributed by atoms with van der Waals surface area (Å²) < 4.78 is 0. The summed E-state index contributed by atoms with van der Waals surface area (Å²) in [4.78, 5) is 9.95. The number of carbonyl (C=O) groups is 1. The third kappa shape index (κ3) is 1.89. The van der Waals surface area contributed by atoms with Crippen LogP contribution in [0.5, 0.6) is 0 Å². The summed E-state index contributed by atoms with van der Waals surface area (Å²) in [6, 6.07) is 0. The van der Waals surface area contributed by atoms with Gasteiger partial charge in [-0.1, -0.05) is 6.08 Å². The minimum absolute atomic E-state index is 0.435. The Labute approximate surface area is 48.8 Å². The van der Waals surface area contributed by atoms with E-state index in [0.717, 1.165) is 0 Å². The van der Waals surface area contributed by atoms with Crippen LogP contribution >= 0.6 is 0 Å². The summed E-state index contributed by atoms with van der Waals surface area (Å²) in [5.74, 6) is 0. The van der Waals surface area contributed by atoms with Crippen molar-refractivity contribution in [3.63, 3.8) is 0 Å². The summed E-state index contributed by atoms with van der Waals surface area (Å²) in [6.07, 6.45) is 1.62. The molecule has 1 N–H and O–H groups in total. The molecular weight excluding hydrogens is 104 g/mol. The molecule has 0 aromatic heterocycles. The lowest BCUT2D eigenvalue weighted by Crippen LogP contribution is -2.04. The van der Waals surface area contributed by atoms with Gasteiger partial charge in [-0.2, -0.15) is 0 Å². The maximum atomic E-state index is 9.95. The second kappa shape index (κ2) is 3.38. The summed E-state index contributed by atoms with van der Waals surface area (Å²) in [7, 11) is 0. The molecule has 0 heterocycles. The van der Waals surface area contributed by atoms with E-state index >= 15 is 0 Å². The molecule has 2 heteroatoms. The predicted octanol–water partition coefficient (Wildman–Crippen LogP) is 0.512. The first-order chi connectivity index (χ1) is 3.72. The van der Waals surface area contributed by atoms with E-state index in [-0.39, 0.29) is 0 Å². The van der Waals surface area contributed by atoms with E-state index in [1.807, 2.05) is 0 Å². The Hall–Kier alpha value is -0.630. The van der Waals surface area contributed by atoms with Gasteiger partial charge in [0.15, 0.2) is 0 Å². The van der Waals surface area contributed by atoms with Crippen molar-refractivity contribution in [3.8, 4) is 0 Å². The van der Waals surface area contributed by atoms with Crippen LogP contribution < -0.4 is 0 Å². The SMILES string of the molecule is CC=C(C=O)C(C)O. The minimum Gasteiger partial charge on any atom is -0.389 e. The molecule has 1 unspecified atom stereocenters. The average molecular weight is 114 g/mol. The van der Waals surface area contributed by atoms with Gasteiger partial charge in [-0.3, -0.25) is 4.79 Å². The lowest BCUT2D eigenvalue weighted by atomic mass is 10.2. The van der Waals surface area contributed by atoms with Gasteiger partial charge in [-0.25, -0.2) is 0 Å². The molecule has 0 aromatic carbocycles. The number of hydrogen-bond donors (Lipinski definition) is 1. The van der Waals surface area contributed by atoms with Crippen LogP contribution in [0.4, 0.5) is 0 Å². The van der Waals surface area contributed by atoms with E-state index in [9.17, 15) is 4.79 Å². The molecule has 0 aromatic rings. The van der Waals surface area contributed by atoms with Crippen LogP contribution in [0.3, 0.4) is 0 Å². The van der Waals surface area contributed by atoms with Crippen LogP contribution in [0.2, 0.25) is 0 Å². The highest BCUT2D eigenvalue weighted by molar-refractivity contribution is 5.74. The predicted molar refractivity (Wildman–Crippen MR) is 31.5 cm³/mol. The van der Waals surface area contributed by atoms with E-state index in [1.165, 1.54) is 0 Å². The van der Waals surface area contributed by atoms with Gasteiger partial charge in [0, 0.05) is 5.57 Å². The number of hydrogen-bond acceptors (Lipinski definition) is 2. The zero-order chi connectivity index (χ0) is 6.57. The van der Waals surface area contributed by atoms with E-state index < -0.39 is 6.10 Å². The average Bonchev–Trinajstić information content (AvgIpc) is 1.69. The van der Waals surface area contributed by atoms with Crippen molar-refractivity contribution in [2.24, 2.45) is 0 Å². The van der Waals surface area contributed by atoms with Crippen LogP contribution in [-0.4, -0.2) is 17.5 Å². The molecule has 0 aliphatic rings. The number of aliphatic hydroxyl groups excluding tert-OH is 1. The number of aliphatic hydroxyl groups is 1. The first-order valence-electron chi connectivity index (χ1n) is 2.51. The van der Waals surface area contributed by atoms with Crippen molar-refractivity contribution in [3.05, 3.63) is 11.6 Å². The molecule has 0 spiro atoms. The third-order valence-electron chi connectivity index (χ3n) is 0.952. The summed E-state index contributed by atoms with van der Waals surface area (Å²) in [5, 5.41) is 8.71. The monoisotopic (exact) mass is 114 g/mol. The molecule has 0 saturated heterocycles. The second-order valence-electron chi connectivity index (χ2n) is 1.58. The Morgan fingerprint density at radius 3 is 2.25 bits per heavy atom. The maximum Gasteiger partial charge on any atom is 0.148 e. The molecule has 0 rings (SSSR count). The molecule has 0 radical (unpaired) electrons. The molecule has 2 nitrogen and oxygen atoms in total. The molecule has 0 amide bonds. The summed E-state index contributed by atoms with van der Waals surface area (Å²) >= 11 is 0. The molecule has 0 aliphatic carbocycles. The fourth-order valence-electron chi connectivity index (χ4n) is 0.408. The molecule has 46 valence electrons. The molecule has 0 aliphatic heterocycles. The van der Waals surface area contributed by atoms with Gasteiger partial charge in [0.1, 0.15) is 6.29 Å². The van der Waals surface area contributed by atoms with Gasteiger partial charge in [0.2, 0.25) is 0 Å². The first kappa shape index (κ1) is 7.37. The smallest absolute Gasteiger partial charge is 0.148 e. The van der Waals surface area contributed by atoms with Crippen LogP contribution in [0.15, 0.2) is 11.6 Å². The lowest BCUT2D eigenvalue weighted by molar-refractivity contribution is -0.105. The van der Waals surface area contributed by atoms with E-state index in [4.69, 9.17) is 5.11 Å². The number of carbonyl (C=O) groups excluding carboxylic acids is 1. The van der Waals surface area contributed by atoms with Gasteiger partial charge in [-0.15, -0.1) is 0 Å². The molecule has 8 heavy (non-hydrogen) atoms. The van der Waals surface area contributed by atoms with Gasteiger partial charge in [0.05, 0.1) is 6.10 Å². The van der Waals surface area contributed by atoms with Crippen LogP contribution in [0.25, 0.3) is 0 Å². The van der Waals surface area contributed by atoms with Gasteiger partial charge < -0.3 is 5.11 Å². The zero-order valence-electron chi connectivity index (χ0n) is 5.09. The minimum atomic E-state index is -0.627. The van der Waals surface area contributed by atoms with Gasteiger partial charge >= 0.3 is 0 Å². The second-order valence-corrected chi connectivity index (χ2v) is 1.58. The quantitative estimate of drug-likeness (QED) is 0.419. The topological polar surface area (TPSA) is 37.3 Å². The van der Waals surface area contributed by atoms with Gasteiger partial charge in [-0.05, 0) is 13.8 Å². The first-order valence-corrected chi connectivity index (χ1v) is 2.51. The molecule has 1 atom stereocenters. The summed E-state index contributed by atoms with van der Waals surface area (Å²) in [6.45, 7) is 3.28. The highest BCUT2D eigenvalue weighted by Gasteiger charge is 1.98.